The molecule has 1 aromatic rings. The van der Waals surface area contributed by atoms with Crippen LogP contribution in [0.2, 0.25) is 4.47 Å². The number of halogens is 1. The van der Waals surface area contributed by atoms with E-state index >= 15 is 0 Å². The van der Waals surface area contributed by atoms with E-state index in [1.54, 1.807) is 6.92 Å². The predicted molar refractivity (Wildman–Crippen MR) is 81.9 cm³/mol. The molecule has 0 aliphatic carbocycles. The summed E-state index contributed by atoms with van der Waals surface area (Å²) in [5, 5.41) is 0. The minimum absolute atomic E-state index is 0.127. The van der Waals surface area contributed by atoms with Crippen molar-refractivity contribution in [3.63, 3.8) is 0 Å². The van der Waals surface area contributed by atoms with Crippen LogP contribution in [0.4, 0.5) is 0 Å². The van der Waals surface area contributed by atoms with Gasteiger partial charge in [-0.05, 0) is 39.8 Å². The highest BCUT2D eigenvalue weighted by molar-refractivity contribution is 7.91. The smallest absolute Gasteiger partial charge is 0.252 e. The first-order valence-electron chi connectivity index (χ1n) is 6.76. The van der Waals surface area contributed by atoms with E-state index in [4.69, 9.17) is 11.6 Å². The Morgan fingerprint density at radius 1 is 1.40 bits per heavy atom. The van der Waals surface area contributed by atoms with Gasteiger partial charge >= 0.3 is 0 Å². The lowest BCUT2D eigenvalue weighted by atomic mass is 10.1. The molecule has 8 heteroatoms. The van der Waals surface area contributed by atoms with Crippen LogP contribution in [-0.4, -0.2) is 44.0 Å². The fourth-order valence-corrected chi connectivity index (χ4v) is 5.48. The molecule has 1 aliphatic rings. The van der Waals surface area contributed by atoms with Gasteiger partial charge in [-0.2, -0.15) is 0 Å². The monoisotopic (exact) mass is 337 g/mol. The molecule has 0 radical (unpaired) electrons. The summed E-state index contributed by atoms with van der Waals surface area (Å²) >= 11 is 6.77. The minimum atomic E-state index is -3.53. The number of sulfonamides is 1. The highest BCUT2D eigenvalue weighted by atomic mass is 35.5. The van der Waals surface area contributed by atoms with Crippen molar-refractivity contribution in [1.82, 2.24) is 14.6 Å². The molecular weight excluding hydrogens is 318 g/mol. The molecule has 1 atom stereocenters. The number of aromatic nitrogens is 1. The lowest BCUT2D eigenvalue weighted by Crippen LogP contribution is -2.43. The largest absolute Gasteiger partial charge is 0.302 e. The van der Waals surface area contributed by atoms with Crippen molar-refractivity contribution < 1.29 is 8.42 Å². The van der Waals surface area contributed by atoms with Crippen molar-refractivity contribution >= 4 is 33.0 Å². The average molecular weight is 338 g/mol. The number of rotatable bonds is 5. The Labute approximate surface area is 129 Å². The molecule has 0 saturated carbocycles. The van der Waals surface area contributed by atoms with Crippen LogP contribution in [0.3, 0.4) is 0 Å². The summed E-state index contributed by atoms with van der Waals surface area (Å²) in [6, 6.07) is -0.127. The summed E-state index contributed by atoms with van der Waals surface area (Å²) in [6.07, 6.45) is 3.67. The Kier molecular flexibility index (Phi) is 5.42. The van der Waals surface area contributed by atoms with Crippen molar-refractivity contribution in [1.29, 1.82) is 0 Å². The van der Waals surface area contributed by atoms with Gasteiger partial charge in [-0.25, -0.2) is 18.1 Å². The lowest BCUT2D eigenvalue weighted by molar-refractivity contribution is 0.215. The van der Waals surface area contributed by atoms with E-state index in [2.05, 4.69) is 14.6 Å². The van der Waals surface area contributed by atoms with E-state index in [-0.39, 0.29) is 14.7 Å². The van der Waals surface area contributed by atoms with Crippen LogP contribution in [0.5, 0.6) is 0 Å². The fourth-order valence-electron chi connectivity index (χ4n) is 2.48. The molecule has 20 heavy (non-hydrogen) atoms. The number of likely N-dealkylation sites (tertiary alicyclic amines) is 1. The van der Waals surface area contributed by atoms with Crippen LogP contribution >= 0.6 is 22.9 Å². The number of aryl methyl sites for hydroxylation is 1. The maximum absolute atomic E-state index is 12.3. The average Bonchev–Trinajstić information content (AvgIpc) is 2.69. The fraction of sp³-hybridized carbons (Fsp3) is 0.750. The van der Waals surface area contributed by atoms with E-state index in [9.17, 15) is 8.42 Å². The van der Waals surface area contributed by atoms with Crippen molar-refractivity contribution in [3.8, 4) is 0 Å². The summed E-state index contributed by atoms with van der Waals surface area (Å²) in [5.74, 6) is 0. The second kappa shape index (κ2) is 6.70. The van der Waals surface area contributed by atoms with Gasteiger partial charge < -0.3 is 4.90 Å². The molecule has 0 aromatic carbocycles. The summed E-state index contributed by atoms with van der Waals surface area (Å²) in [6.45, 7) is 6.40. The van der Waals surface area contributed by atoms with Crippen LogP contribution in [0, 0.1) is 6.92 Å². The van der Waals surface area contributed by atoms with E-state index in [0.717, 1.165) is 31.0 Å². The van der Waals surface area contributed by atoms with Crippen molar-refractivity contribution in [2.45, 2.75) is 43.4 Å². The minimum Gasteiger partial charge on any atom is -0.302 e. The van der Waals surface area contributed by atoms with E-state index < -0.39 is 10.0 Å². The molecule has 0 bridgehead atoms. The second-order valence-corrected chi connectivity index (χ2v) is 8.71. The van der Waals surface area contributed by atoms with Crippen LogP contribution in [0.25, 0.3) is 0 Å². The third-order valence-corrected chi connectivity index (χ3v) is 6.77. The number of thiazole rings is 1. The van der Waals surface area contributed by atoms with Gasteiger partial charge in [-0.3, -0.25) is 0 Å². The highest BCUT2D eigenvalue weighted by Crippen LogP contribution is 2.26. The van der Waals surface area contributed by atoms with Gasteiger partial charge in [0.2, 0.25) is 0 Å². The quantitative estimate of drug-likeness (QED) is 0.895. The molecule has 1 aromatic heterocycles. The first-order chi connectivity index (χ1) is 9.38. The summed E-state index contributed by atoms with van der Waals surface area (Å²) in [7, 11) is -3.53. The highest BCUT2D eigenvalue weighted by Gasteiger charge is 2.24. The van der Waals surface area contributed by atoms with Gasteiger partial charge in [0.15, 0.2) is 8.68 Å². The first-order valence-corrected chi connectivity index (χ1v) is 9.44. The second-order valence-electron chi connectivity index (χ2n) is 5.22. The number of hydrogen-bond donors (Lipinski definition) is 1. The Balaban J connectivity index is 1.98. The van der Waals surface area contributed by atoms with Gasteiger partial charge in [0.05, 0.1) is 5.69 Å². The predicted octanol–water partition coefficient (Wildman–Crippen LogP) is 2.26. The molecule has 5 nitrogen and oxygen atoms in total. The van der Waals surface area contributed by atoms with Gasteiger partial charge in [-0.1, -0.05) is 29.4 Å². The normalized spacial score (nSPS) is 19.1. The van der Waals surface area contributed by atoms with Crippen LogP contribution in [-0.2, 0) is 10.0 Å². The Morgan fingerprint density at radius 3 is 2.60 bits per heavy atom. The first kappa shape index (κ1) is 16.2. The Morgan fingerprint density at radius 2 is 2.05 bits per heavy atom. The number of nitrogens with zero attached hydrogens (tertiary/aromatic N) is 2. The summed E-state index contributed by atoms with van der Waals surface area (Å²) < 4.78 is 27.8. The van der Waals surface area contributed by atoms with Crippen molar-refractivity contribution in [2.24, 2.45) is 0 Å². The molecule has 2 rings (SSSR count). The van der Waals surface area contributed by atoms with Crippen LogP contribution in [0.15, 0.2) is 4.21 Å². The number of nitrogens with one attached hydrogen (secondary N) is 1. The van der Waals surface area contributed by atoms with E-state index in [0.29, 0.717) is 5.69 Å². The molecule has 0 amide bonds. The van der Waals surface area contributed by atoms with Gasteiger partial charge in [0.25, 0.3) is 10.0 Å². The maximum atomic E-state index is 12.3. The standard InChI is InChI=1S/C12H20ClN3O2S2/c1-9(8-16-6-4-3-5-7-16)15-20(17,18)11-10(2)14-12(13)19-11/h9,15H,3-8H2,1-2H3. The van der Waals surface area contributed by atoms with E-state index in [1.165, 1.54) is 19.3 Å². The zero-order chi connectivity index (χ0) is 14.8. The van der Waals surface area contributed by atoms with Crippen molar-refractivity contribution in [3.05, 3.63) is 10.2 Å². The molecular formula is C12H20ClN3O2S2. The Bertz CT molecular complexity index is 553. The molecule has 1 fully saturated rings. The molecule has 2 heterocycles. The zero-order valence-corrected chi connectivity index (χ0v) is 14.1. The molecule has 1 unspecified atom stereocenters. The topological polar surface area (TPSA) is 62.3 Å². The van der Waals surface area contributed by atoms with Crippen molar-refractivity contribution in [2.75, 3.05) is 19.6 Å². The van der Waals surface area contributed by atoms with Gasteiger partial charge in [-0.15, -0.1) is 0 Å². The number of hydrogen-bond acceptors (Lipinski definition) is 5. The zero-order valence-electron chi connectivity index (χ0n) is 11.7. The van der Waals surface area contributed by atoms with Gasteiger partial charge in [0.1, 0.15) is 0 Å². The summed E-state index contributed by atoms with van der Waals surface area (Å²) in [5.41, 5.74) is 0.456. The Hall–Kier alpha value is -0.210. The van der Waals surface area contributed by atoms with Crippen LogP contribution in [0.1, 0.15) is 31.9 Å². The third kappa shape index (κ3) is 4.14. The SMILES string of the molecule is Cc1nc(Cl)sc1S(=O)(=O)NC(C)CN1CCCCC1. The van der Waals surface area contributed by atoms with E-state index in [1.807, 2.05) is 6.92 Å². The molecule has 114 valence electrons. The third-order valence-electron chi connectivity index (χ3n) is 3.31. The lowest BCUT2D eigenvalue weighted by Gasteiger charge is -2.29. The number of piperidine rings is 1. The molecule has 0 spiro atoms. The summed E-state index contributed by atoms with van der Waals surface area (Å²) in [4.78, 5) is 6.26. The van der Waals surface area contributed by atoms with Crippen LogP contribution < -0.4 is 4.72 Å². The van der Waals surface area contributed by atoms with Gasteiger partial charge in [0, 0.05) is 12.6 Å². The molecule has 1 N–H and O–H groups in total. The molecule has 1 aliphatic heterocycles. The maximum Gasteiger partial charge on any atom is 0.252 e. The molecule has 1 saturated heterocycles.